The van der Waals surface area contributed by atoms with Crippen molar-refractivity contribution >= 4 is 23.6 Å². The van der Waals surface area contributed by atoms with E-state index in [1.165, 1.54) is 11.8 Å². The molecule has 1 aromatic heterocycles. The molecule has 5 nitrogen and oxygen atoms in total. The van der Waals surface area contributed by atoms with Gasteiger partial charge in [-0.3, -0.25) is 9.59 Å². The zero-order valence-electron chi connectivity index (χ0n) is 10.5. The van der Waals surface area contributed by atoms with Gasteiger partial charge in [0.05, 0.1) is 18.2 Å². The molecular weight excluding hydrogens is 252 g/mol. The quantitative estimate of drug-likeness (QED) is 0.820. The molecule has 0 saturated carbocycles. The van der Waals surface area contributed by atoms with E-state index in [0.717, 1.165) is 11.5 Å². The Balaban J connectivity index is 1.86. The molecule has 18 heavy (non-hydrogen) atoms. The first-order chi connectivity index (χ1) is 8.56. The monoisotopic (exact) mass is 268 g/mol. The van der Waals surface area contributed by atoms with Crippen LogP contribution in [0.2, 0.25) is 0 Å². The highest BCUT2D eigenvalue weighted by molar-refractivity contribution is 8.00. The third kappa shape index (κ3) is 3.07. The van der Waals surface area contributed by atoms with Gasteiger partial charge in [0.2, 0.25) is 11.8 Å². The van der Waals surface area contributed by atoms with Gasteiger partial charge in [-0.1, -0.05) is 0 Å². The van der Waals surface area contributed by atoms with E-state index in [2.05, 4.69) is 0 Å². The van der Waals surface area contributed by atoms with Crippen molar-refractivity contribution in [1.82, 2.24) is 9.80 Å². The van der Waals surface area contributed by atoms with Crippen molar-refractivity contribution in [3.8, 4) is 0 Å². The molecule has 0 radical (unpaired) electrons. The highest BCUT2D eigenvalue weighted by Gasteiger charge is 2.24. The van der Waals surface area contributed by atoms with Gasteiger partial charge in [0, 0.05) is 7.05 Å². The second-order valence-corrected chi connectivity index (χ2v) is 5.29. The van der Waals surface area contributed by atoms with Crippen LogP contribution in [0.3, 0.4) is 0 Å². The molecule has 1 aliphatic heterocycles. The first-order valence-corrected chi connectivity index (χ1v) is 6.86. The number of aryl methyl sites for hydroxylation is 1. The summed E-state index contributed by atoms with van der Waals surface area (Å²) in [5.74, 6) is 2.64. The molecule has 1 fully saturated rings. The molecule has 0 bridgehead atoms. The van der Waals surface area contributed by atoms with E-state index in [4.69, 9.17) is 4.42 Å². The van der Waals surface area contributed by atoms with Gasteiger partial charge in [0.1, 0.15) is 18.1 Å². The van der Waals surface area contributed by atoms with Crippen molar-refractivity contribution in [2.24, 2.45) is 0 Å². The van der Waals surface area contributed by atoms with Crippen molar-refractivity contribution < 1.29 is 14.0 Å². The smallest absolute Gasteiger partial charge is 0.242 e. The lowest BCUT2D eigenvalue weighted by Gasteiger charge is -2.20. The van der Waals surface area contributed by atoms with E-state index in [0.29, 0.717) is 18.2 Å². The standard InChI is InChI=1S/C12H16N2O3S/c1-9-3-4-10(17-9)5-13(2)11(15)6-14-8-18-7-12(14)16/h3-4H,5-8H2,1-2H3. The van der Waals surface area contributed by atoms with Gasteiger partial charge in [-0.25, -0.2) is 0 Å². The second-order valence-electron chi connectivity index (χ2n) is 4.33. The summed E-state index contributed by atoms with van der Waals surface area (Å²) in [4.78, 5) is 26.5. The molecule has 0 spiro atoms. The third-order valence-electron chi connectivity index (χ3n) is 2.77. The number of rotatable bonds is 4. The van der Waals surface area contributed by atoms with E-state index < -0.39 is 0 Å². The Morgan fingerprint density at radius 3 is 2.89 bits per heavy atom. The summed E-state index contributed by atoms with van der Waals surface area (Å²) in [7, 11) is 1.72. The highest BCUT2D eigenvalue weighted by atomic mass is 32.2. The summed E-state index contributed by atoms with van der Waals surface area (Å²) in [6, 6.07) is 3.73. The Kier molecular flexibility index (Phi) is 3.96. The fraction of sp³-hybridized carbons (Fsp3) is 0.500. The molecule has 0 aromatic carbocycles. The minimum absolute atomic E-state index is 0.0376. The number of carbonyl (C=O) groups is 2. The van der Waals surface area contributed by atoms with Gasteiger partial charge in [-0.15, -0.1) is 11.8 Å². The number of furan rings is 1. The van der Waals surface area contributed by atoms with E-state index in [-0.39, 0.29) is 18.4 Å². The number of nitrogens with zero attached hydrogens (tertiary/aromatic N) is 2. The summed E-state index contributed by atoms with van der Waals surface area (Å²) in [6.07, 6.45) is 0. The van der Waals surface area contributed by atoms with E-state index >= 15 is 0 Å². The van der Waals surface area contributed by atoms with Crippen LogP contribution in [0.1, 0.15) is 11.5 Å². The second kappa shape index (κ2) is 5.48. The van der Waals surface area contributed by atoms with Crippen LogP contribution in [0.5, 0.6) is 0 Å². The number of carbonyl (C=O) groups excluding carboxylic acids is 2. The fourth-order valence-corrected chi connectivity index (χ4v) is 2.62. The SMILES string of the molecule is Cc1ccc(CN(C)C(=O)CN2CSCC2=O)o1. The van der Waals surface area contributed by atoms with Crippen molar-refractivity contribution in [3.63, 3.8) is 0 Å². The summed E-state index contributed by atoms with van der Waals surface area (Å²) in [6.45, 7) is 2.45. The molecule has 1 aromatic rings. The normalized spacial score (nSPS) is 15.2. The molecule has 0 aliphatic carbocycles. The van der Waals surface area contributed by atoms with Crippen LogP contribution in [0.15, 0.2) is 16.5 Å². The van der Waals surface area contributed by atoms with Gasteiger partial charge in [0.15, 0.2) is 0 Å². The molecule has 0 N–H and O–H groups in total. The first kappa shape index (κ1) is 13.0. The lowest BCUT2D eigenvalue weighted by Crippen LogP contribution is -2.38. The van der Waals surface area contributed by atoms with Gasteiger partial charge < -0.3 is 14.2 Å². The topological polar surface area (TPSA) is 53.8 Å². The lowest BCUT2D eigenvalue weighted by molar-refractivity contribution is -0.137. The Morgan fingerprint density at radius 1 is 1.56 bits per heavy atom. The van der Waals surface area contributed by atoms with Crippen LogP contribution in [-0.4, -0.2) is 46.8 Å². The Bertz CT molecular complexity index is 458. The summed E-state index contributed by atoms with van der Waals surface area (Å²) in [5, 5.41) is 0. The average Bonchev–Trinajstić information content (AvgIpc) is 2.89. The predicted molar refractivity (Wildman–Crippen MR) is 69.0 cm³/mol. The third-order valence-corrected chi connectivity index (χ3v) is 3.71. The van der Waals surface area contributed by atoms with Crippen molar-refractivity contribution in [2.75, 3.05) is 25.2 Å². The summed E-state index contributed by atoms with van der Waals surface area (Å²) in [5.41, 5.74) is 0. The minimum Gasteiger partial charge on any atom is -0.464 e. The van der Waals surface area contributed by atoms with Gasteiger partial charge in [-0.2, -0.15) is 0 Å². The Hall–Kier alpha value is -1.43. The predicted octanol–water partition coefficient (Wildman–Crippen LogP) is 1.08. The van der Waals surface area contributed by atoms with Gasteiger partial charge in [0.25, 0.3) is 0 Å². The Morgan fingerprint density at radius 2 is 2.33 bits per heavy atom. The van der Waals surface area contributed by atoms with Crippen LogP contribution in [-0.2, 0) is 16.1 Å². The molecule has 1 saturated heterocycles. The molecule has 0 atom stereocenters. The average molecular weight is 268 g/mol. The molecular formula is C12H16N2O3S. The van der Waals surface area contributed by atoms with Crippen LogP contribution in [0.4, 0.5) is 0 Å². The highest BCUT2D eigenvalue weighted by Crippen LogP contribution is 2.15. The van der Waals surface area contributed by atoms with E-state index in [1.54, 1.807) is 16.8 Å². The van der Waals surface area contributed by atoms with Crippen LogP contribution in [0, 0.1) is 6.92 Å². The fourth-order valence-electron chi connectivity index (χ4n) is 1.72. The number of likely N-dealkylation sites (N-methyl/N-ethyl adjacent to an activating group) is 1. The van der Waals surface area contributed by atoms with E-state index in [9.17, 15) is 9.59 Å². The molecule has 2 heterocycles. The minimum atomic E-state index is -0.0695. The van der Waals surface area contributed by atoms with E-state index in [1.807, 2.05) is 19.1 Å². The van der Waals surface area contributed by atoms with Crippen LogP contribution < -0.4 is 0 Å². The largest absolute Gasteiger partial charge is 0.464 e. The maximum Gasteiger partial charge on any atom is 0.242 e. The lowest BCUT2D eigenvalue weighted by atomic mass is 10.4. The molecule has 2 rings (SSSR count). The van der Waals surface area contributed by atoms with Crippen molar-refractivity contribution in [3.05, 3.63) is 23.7 Å². The molecule has 0 unspecified atom stereocenters. The summed E-state index contributed by atoms with van der Waals surface area (Å²) < 4.78 is 5.42. The molecule has 98 valence electrons. The summed E-state index contributed by atoms with van der Waals surface area (Å²) >= 11 is 1.54. The Labute approximate surface area is 110 Å². The number of amides is 2. The van der Waals surface area contributed by atoms with Crippen molar-refractivity contribution in [1.29, 1.82) is 0 Å². The molecule has 2 amide bonds. The zero-order valence-corrected chi connectivity index (χ0v) is 11.3. The van der Waals surface area contributed by atoms with Gasteiger partial charge >= 0.3 is 0 Å². The number of hydrogen-bond donors (Lipinski definition) is 0. The maximum absolute atomic E-state index is 11.9. The molecule has 1 aliphatic rings. The number of hydrogen-bond acceptors (Lipinski definition) is 4. The van der Waals surface area contributed by atoms with Gasteiger partial charge in [-0.05, 0) is 19.1 Å². The molecule has 6 heteroatoms. The zero-order chi connectivity index (χ0) is 13.1. The maximum atomic E-state index is 11.9. The van der Waals surface area contributed by atoms with Crippen LogP contribution in [0.25, 0.3) is 0 Å². The van der Waals surface area contributed by atoms with Crippen molar-refractivity contribution in [2.45, 2.75) is 13.5 Å². The van der Waals surface area contributed by atoms with Crippen LogP contribution >= 0.6 is 11.8 Å². The number of thioether (sulfide) groups is 1. The first-order valence-electron chi connectivity index (χ1n) is 5.71.